The molecule has 0 amide bonds. The van der Waals surface area contributed by atoms with Crippen molar-refractivity contribution in [3.63, 3.8) is 0 Å². The smallest absolute Gasteiger partial charge is 0.119 e. The number of alkyl halides is 1. The van der Waals surface area contributed by atoms with Crippen molar-refractivity contribution in [1.82, 2.24) is 0 Å². The SMILES string of the molecule is CC(C)(C#N)CCOc1ccc(CCl)cc1. The van der Waals surface area contributed by atoms with Crippen LogP contribution in [0, 0.1) is 16.7 Å². The molecule has 2 nitrogen and oxygen atoms in total. The number of rotatable bonds is 5. The summed E-state index contributed by atoms with van der Waals surface area (Å²) in [4.78, 5) is 0. The van der Waals surface area contributed by atoms with E-state index in [1.54, 1.807) is 0 Å². The third-order valence-electron chi connectivity index (χ3n) is 2.38. The van der Waals surface area contributed by atoms with Gasteiger partial charge in [0.1, 0.15) is 5.75 Å². The Labute approximate surface area is 102 Å². The monoisotopic (exact) mass is 237 g/mol. The number of halogens is 1. The molecular weight excluding hydrogens is 222 g/mol. The van der Waals surface area contributed by atoms with Crippen molar-refractivity contribution in [3.05, 3.63) is 29.8 Å². The average molecular weight is 238 g/mol. The van der Waals surface area contributed by atoms with Crippen LogP contribution in [0.1, 0.15) is 25.8 Å². The van der Waals surface area contributed by atoms with Crippen LogP contribution >= 0.6 is 11.6 Å². The summed E-state index contributed by atoms with van der Waals surface area (Å²) < 4.78 is 5.55. The van der Waals surface area contributed by atoms with E-state index in [1.807, 2.05) is 38.1 Å². The van der Waals surface area contributed by atoms with Gasteiger partial charge in [-0.3, -0.25) is 0 Å². The minimum absolute atomic E-state index is 0.323. The first-order valence-corrected chi connectivity index (χ1v) is 5.80. The molecular formula is C13H16ClNO. The van der Waals surface area contributed by atoms with Gasteiger partial charge in [-0.25, -0.2) is 0 Å². The van der Waals surface area contributed by atoms with Crippen molar-refractivity contribution in [2.75, 3.05) is 6.61 Å². The largest absolute Gasteiger partial charge is 0.494 e. The molecule has 0 N–H and O–H groups in total. The molecule has 0 aliphatic rings. The lowest BCUT2D eigenvalue weighted by Gasteiger charge is -2.15. The van der Waals surface area contributed by atoms with Crippen LogP contribution in [-0.2, 0) is 5.88 Å². The Hall–Kier alpha value is -1.20. The molecule has 0 aliphatic carbocycles. The van der Waals surface area contributed by atoms with Gasteiger partial charge in [0.2, 0.25) is 0 Å². The first-order chi connectivity index (χ1) is 7.57. The summed E-state index contributed by atoms with van der Waals surface area (Å²) in [7, 11) is 0. The van der Waals surface area contributed by atoms with Gasteiger partial charge < -0.3 is 4.74 Å². The maximum absolute atomic E-state index is 8.84. The highest BCUT2D eigenvalue weighted by atomic mass is 35.5. The topological polar surface area (TPSA) is 33.0 Å². The quantitative estimate of drug-likeness (QED) is 0.731. The second kappa shape index (κ2) is 5.77. The summed E-state index contributed by atoms with van der Waals surface area (Å²) in [6, 6.07) is 9.93. The number of nitriles is 1. The third-order valence-corrected chi connectivity index (χ3v) is 2.68. The van der Waals surface area contributed by atoms with Gasteiger partial charge in [0.25, 0.3) is 0 Å². The van der Waals surface area contributed by atoms with E-state index < -0.39 is 0 Å². The highest BCUT2D eigenvalue weighted by Gasteiger charge is 2.16. The number of nitrogens with zero attached hydrogens (tertiary/aromatic N) is 1. The van der Waals surface area contributed by atoms with Gasteiger partial charge in [-0.2, -0.15) is 5.26 Å². The van der Waals surface area contributed by atoms with Crippen LogP contribution in [0.2, 0.25) is 0 Å². The highest BCUT2D eigenvalue weighted by Crippen LogP contribution is 2.20. The zero-order valence-electron chi connectivity index (χ0n) is 9.66. The molecule has 0 saturated heterocycles. The molecule has 0 spiro atoms. The maximum atomic E-state index is 8.84. The van der Waals surface area contributed by atoms with Crippen LogP contribution in [0.15, 0.2) is 24.3 Å². The first-order valence-electron chi connectivity index (χ1n) is 5.26. The zero-order valence-corrected chi connectivity index (χ0v) is 10.4. The molecule has 0 unspecified atom stereocenters. The lowest BCUT2D eigenvalue weighted by atomic mass is 9.92. The normalized spacial score (nSPS) is 10.9. The van der Waals surface area contributed by atoms with Gasteiger partial charge in [0.05, 0.1) is 18.1 Å². The maximum Gasteiger partial charge on any atom is 0.119 e. The van der Waals surface area contributed by atoms with Crippen molar-refractivity contribution in [2.45, 2.75) is 26.1 Å². The van der Waals surface area contributed by atoms with E-state index in [4.69, 9.17) is 21.6 Å². The lowest BCUT2D eigenvalue weighted by Crippen LogP contribution is -2.13. The van der Waals surface area contributed by atoms with E-state index in [2.05, 4.69) is 6.07 Å². The summed E-state index contributed by atoms with van der Waals surface area (Å²) in [6.45, 7) is 4.38. The van der Waals surface area contributed by atoms with Crippen LogP contribution in [0.3, 0.4) is 0 Å². The fraction of sp³-hybridized carbons (Fsp3) is 0.462. The highest BCUT2D eigenvalue weighted by molar-refractivity contribution is 6.17. The number of ether oxygens (including phenoxy) is 1. The molecule has 1 rings (SSSR count). The Balaban J connectivity index is 2.41. The van der Waals surface area contributed by atoms with Gasteiger partial charge in [0.15, 0.2) is 0 Å². The van der Waals surface area contributed by atoms with E-state index in [0.717, 1.165) is 17.7 Å². The van der Waals surface area contributed by atoms with E-state index >= 15 is 0 Å². The van der Waals surface area contributed by atoms with E-state index in [9.17, 15) is 0 Å². The number of benzene rings is 1. The molecule has 0 heterocycles. The fourth-order valence-electron chi connectivity index (χ4n) is 1.15. The van der Waals surface area contributed by atoms with Crippen molar-refractivity contribution in [1.29, 1.82) is 5.26 Å². The fourth-order valence-corrected chi connectivity index (χ4v) is 1.33. The minimum atomic E-state index is -0.323. The predicted molar refractivity (Wildman–Crippen MR) is 65.5 cm³/mol. The van der Waals surface area contributed by atoms with E-state index in [-0.39, 0.29) is 5.41 Å². The van der Waals surface area contributed by atoms with Gasteiger partial charge in [-0.05, 0) is 38.0 Å². The van der Waals surface area contributed by atoms with Crippen LogP contribution in [0.5, 0.6) is 5.75 Å². The van der Waals surface area contributed by atoms with Crippen LogP contribution in [-0.4, -0.2) is 6.61 Å². The Morgan fingerprint density at radius 3 is 2.44 bits per heavy atom. The number of hydrogen-bond donors (Lipinski definition) is 0. The Morgan fingerprint density at radius 1 is 1.31 bits per heavy atom. The van der Waals surface area contributed by atoms with Gasteiger partial charge in [-0.15, -0.1) is 11.6 Å². The summed E-state index contributed by atoms with van der Waals surface area (Å²) in [5.41, 5.74) is 0.752. The first kappa shape index (κ1) is 12.9. The lowest BCUT2D eigenvalue weighted by molar-refractivity contribution is 0.264. The standard InChI is InChI=1S/C13H16ClNO/c1-13(2,10-15)7-8-16-12-5-3-11(9-14)4-6-12/h3-6H,7-9H2,1-2H3. The molecule has 0 aromatic heterocycles. The summed E-state index contributed by atoms with van der Waals surface area (Å²) in [5.74, 6) is 1.34. The third kappa shape index (κ3) is 4.12. The Bertz CT molecular complexity index is 365. The molecule has 86 valence electrons. The minimum Gasteiger partial charge on any atom is -0.494 e. The summed E-state index contributed by atoms with van der Waals surface area (Å²) >= 11 is 5.69. The predicted octanol–water partition coefficient (Wildman–Crippen LogP) is 3.74. The molecule has 0 aliphatic heterocycles. The molecule has 1 aromatic rings. The second-order valence-corrected chi connectivity index (χ2v) is 4.64. The second-order valence-electron chi connectivity index (χ2n) is 4.37. The van der Waals surface area contributed by atoms with Crippen molar-refractivity contribution in [2.24, 2.45) is 5.41 Å². The van der Waals surface area contributed by atoms with Crippen molar-refractivity contribution >= 4 is 11.6 Å². The van der Waals surface area contributed by atoms with Crippen LogP contribution < -0.4 is 4.74 Å². The van der Waals surface area contributed by atoms with Gasteiger partial charge >= 0.3 is 0 Å². The van der Waals surface area contributed by atoms with Gasteiger partial charge in [-0.1, -0.05) is 12.1 Å². The van der Waals surface area contributed by atoms with Crippen molar-refractivity contribution < 1.29 is 4.74 Å². The van der Waals surface area contributed by atoms with E-state index in [0.29, 0.717) is 12.5 Å². The molecule has 0 atom stereocenters. The molecule has 0 bridgehead atoms. The molecule has 1 aromatic carbocycles. The molecule has 0 radical (unpaired) electrons. The van der Waals surface area contributed by atoms with Crippen LogP contribution in [0.4, 0.5) is 0 Å². The Morgan fingerprint density at radius 2 is 1.94 bits per heavy atom. The zero-order chi connectivity index (χ0) is 12.0. The van der Waals surface area contributed by atoms with Gasteiger partial charge in [0, 0.05) is 5.88 Å². The molecule has 16 heavy (non-hydrogen) atoms. The van der Waals surface area contributed by atoms with Crippen LogP contribution in [0.25, 0.3) is 0 Å². The average Bonchev–Trinajstić information content (AvgIpc) is 2.30. The summed E-state index contributed by atoms with van der Waals surface area (Å²) in [5, 5.41) is 8.84. The molecule has 3 heteroatoms. The molecule has 0 fully saturated rings. The number of hydrogen-bond acceptors (Lipinski definition) is 2. The Kier molecular flexibility index (Phi) is 4.64. The summed E-state index contributed by atoms with van der Waals surface area (Å²) in [6.07, 6.45) is 0.723. The van der Waals surface area contributed by atoms with E-state index in [1.165, 1.54) is 0 Å². The van der Waals surface area contributed by atoms with Crippen molar-refractivity contribution in [3.8, 4) is 11.8 Å². The molecule has 0 saturated carbocycles.